The summed E-state index contributed by atoms with van der Waals surface area (Å²) >= 11 is 0. The van der Waals surface area contributed by atoms with Crippen LogP contribution in [0.15, 0.2) is 53.1 Å². The summed E-state index contributed by atoms with van der Waals surface area (Å²) in [5.74, 6) is 1.67. The van der Waals surface area contributed by atoms with Crippen molar-refractivity contribution in [2.75, 3.05) is 12.4 Å². The molecular weight excluding hydrogens is 326 g/mol. The number of ether oxygens (including phenoxy) is 1. The highest BCUT2D eigenvalue weighted by molar-refractivity contribution is 5.55. The summed E-state index contributed by atoms with van der Waals surface area (Å²) in [6, 6.07) is 16.4. The molecular formula is C21H25N3O2. The third-order valence-electron chi connectivity index (χ3n) is 4.46. The molecule has 2 aromatic carbocycles. The molecule has 136 valence electrons. The maximum absolute atomic E-state index is 5.37. The molecule has 0 radical (unpaired) electrons. The van der Waals surface area contributed by atoms with Crippen LogP contribution in [0.1, 0.15) is 49.8 Å². The Bertz CT molecular complexity index is 840. The Morgan fingerprint density at radius 1 is 1.04 bits per heavy atom. The monoisotopic (exact) mass is 351 g/mol. The highest BCUT2D eigenvalue weighted by Gasteiger charge is 2.10. The Kier molecular flexibility index (Phi) is 5.68. The van der Waals surface area contributed by atoms with Gasteiger partial charge in [-0.2, -0.15) is 4.98 Å². The molecule has 1 heterocycles. The van der Waals surface area contributed by atoms with E-state index in [4.69, 9.17) is 9.26 Å². The average Bonchev–Trinajstić information content (AvgIpc) is 3.15. The Labute approximate surface area is 154 Å². The number of aromatic nitrogens is 2. The van der Waals surface area contributed by atoms with Crippen LogP contribution < -0.4 is 5.32 Å². The molecule has 3 rings (SSSR count). The number of nitrogens with zero attached hydrogens (tertiary/aromatic N) is 2. The van der Waals surface area contributed by atoms with Crippen molar-refractivity contribution in [1.29, 1.82) is 0 Å². The summed E-state index contributed by atoms with van der Waals surface area (Å²) in [7, 11) is 1.71. The largest absolute Gasteiger partial charge is 0.377 e. The predicted molar refractivity (Wildman–Crippen MR) is 103 cm³/mol. The first-order valence-electron chi connectivity index (χ1n) is 8.86. The van der Waals surface area contributed by atoms with Gasteiger partial charge >= 0.3 is 0 Å². The number of hydrogen-bond acceptors (Lipinski definition) is 5. The van der Waals surface area contributed by atoms with Gasteiger partial charge in [0, 0.05) is 18.4 Å². The van der Waals surface area contributed by atoms with Crippen molar-refractivity contribution in [2.24, 2.45) is 0 Å². The number of rotatable bonds is 7. The molecule has 0 aliphatic carbocycles. The lowest BCUT2D eigenvalue weighted by molar-refractivity contribution is 0.119. The second-order valence-electron chi connectivity index (χ2n) is 6.65. The lowest BCUT2D eigenvalue weighted by atomic mass is 10.0. The normalized spacial score (nSPS) is 12.3. The Balaban J connectivity index is 1.65. The first-order chi connectivity index (χ1) is 12.6. The van der Waals surface area contributed by atoms with Crippen LogP contribution in [0.2, 0.25) is 0 Å². The molecule has 0 saturated heterocycles. The third-order valence-corrected chi connectivity index (χ3v) is 4.46. The van der Waals surface area contributed by atoms with Gasteiger partial charge in [-0.1, -0.05) is 55.4 Å². The van der Waals surface area contributed by atoms with Gasteiger partial charge in [-0.25, -0.2) is 0 Å². The molecule has 0 saturated carbocycles. The van der Waals surface area contributed by atoms with E-state index in [2.05, 4.69) is 47.5 Å². The smallest absolute Gasteiger partial charge is 0.246 e. The summed E-state index contributed by atoms with van der Waals surface area (Å²) in [5.41, 5.74) is 4.37. The van der Waals surface area contributed by atoms with Crippen LogP contribution in [-0.4, -0.2) is 17.3 Å². The molecule has 0 aliphatic rings. The molecule has 0 aliphatic heterocycles. The van der Waals surface area contributed by atoms with E-state index in [1.165, 1.54) is 5.56 Å². The molecule has 0 bridgehead atoms. The molecule has 0 amide bonds. The second kappa shape index (κ2) is 8.15. The zero-order valence-corrected chi connectivity index (χ0v) is 15.7. The van der Waals surface area contributed by atoms with Gasteiger partial charge in [-0.05, 0) is 36.1 Å². The molecule has 1 unspecified atom stereocenters. The first kappa shape index (κ1) is 18.1. The fourth-order valence-corrected chi connectivity index (χ4v) is 2.68. The van der Waals surface area contributed by atoms with Crippen molar-refractivity contribution in [1.82, 2.24) is 10.1 Å². The van der Waals surface area contributed by atoms with E-state index in [-0.39, 0.29) is 6.10 Å². The maximum Gasteiger partial charge on any atom is 0.246 e. The van der Waals surface area contributed by atoms with Crippen LogP contribution in [-0.2, 0) is 11.3 Å². The van der Waals surface area contributed by atoms with E-state index in [0.717, 1.165) is 16.8 Å². The van der Waals surface area contributed by atoms with Gasteiger partial charge in [-0.15, -0.1) is 0 Å². The van der Waals surface area contributed by atoms with Crippen molar-refractivity contribution >= 4 is 5.69 Å². The SMILES string of the molecule is COC(C)c1cccc(NCc2nc(-c3ccc(C(C)C)cc3)no2)c1. The topological polar surface area (TPSA) is 60.2 Å². The maximum atomic E-state index is 5.37. The molecule has 26 heavy (non-hydrogen) atoms. The highest BCUT2D eigenvalue weighted by Crippen LogP contribution is 2.22. The number of hydrogen-bond donors (Lipinski definition) is 1. The molecule has 3 aromatic rings. The Morgan fingerprint density at radius 3 is 2.50 bits per heavy atom. The fraction of sp³-hybridized carbons (Fsp3) is 0.333. The standard InChI is InChI=1S/C21H25N3O2/c1-14(2)16-8-10-17(11-9-16)21-23-20(26-24-21)13-22-19-7-5-6-18(12-19)15(3)25-4/h5-12,14-15,22H,13H2,1-4H3. The van der Waals surface area contributed by atoms with Gasteiger partial charge in [0.15, 0.2) is 0 Å². The Morgan fingerprint density at radius 2 is 1.81 bits per heavy atom. The van der Waals surface area contributed by atoms with Gasteiger partial charge in [0.2, 0.25) is 11.7 Å². The summed E-state index contributed by atoms with van der Waals surface area (Å²) in [6.07, 6.45) is 0.0561. The number of anilines is 1. The summed E-state index contributed by atoms with van der Waals surface area (Å²) < 4.78 is 10.7. The summed E-state index contributed by atoms with van der Waals surface area (Å²) in [5, 5.41) is 7.40. The minimum absolute atomic E-state index is 0.0561. The molecule has 0 spiro atoms. The van der Waals surface area contributed by atoms with Gasteiger partial charge in [0.1, 0.15) is 0 Å². The average molecular weight is 351 g/mol. The number of nitrogens with one attached hydrogen (secondary N) is 1. The van der Waals surface area contributed by atoms with Crippen molar-refractivity contribution in [2.45, 2.75) is 39.3 Å². The molecule has 5 heteroatoms. The van der Waals surface area contributed by atoms with E-state index in [9.17, 15) is 0 Å². The minimum atomic E-state index is 0.0561. The van der Waals surface area contributed by atoms with E-state index in [1.807, 2.05) is 37.3 Å². The lowest BCUT2D eigenvalue weighted by Gasteiger charge is -2.11. The van der Waals surface area contributed by atoms with E-state index in [0.29, 0.717) is 24.2 Å². The van der Waals surface area contributed by atoms with Crippen LogP contribution in [0, 0.1) is 0 Å². The number of benzene rings is 2. The molecule has 0 fully saturated rings. The van der Waals surface area contributed by atoms with Crippen LogP contribution in [0.25, 0.3) is 11.4 Å². The summed E-state index contributed by atoms with van der Waals surface area (Å²) in [4.78, 5) is 4.48. The zero-order chi connectivity index (χ0) is 18.5. The first-order valence-corrected chi connectivity index (χ1v) is 8.86. The van der Waals surface area contributed by atoms with Crippen molar-refractivity contribution in [3.05, 3.63) is 65.5 Å². The van der Waals surface area contributed by atoms with Crippen LogP contribution in [0.4, 0.5) is 5.69 Å². The molecule has 1 atom stereocenters. The van der Waals surface area contributed by atoms with Crippen molar-refractivity contribution in [3.8, 4) is 11.4 Å². The van der Waals surface area contributed by atoms with Crippen LogP contribution >= 0.6 is 0 Å². The summed E-state index contributed by atoms with van der Waals surface area (Å²) in [6.45, 7) is 6.85. The fourth-order valence-electron chi connectivity index (χ4n) is 2.68. The molecule has 1 aromatic heterocycles. The quantitative estimate of drug-likeness (QED) is 0.635. The van der Waals surface area contributed by atoms with Gasteiger partial charge in [0.05, 0.1) is 12.6 Å². The van der Waals surface area contributed by atoms with Gasteiger partial charge in [0.25, 0.3) is 0 Å². The van der Waals surface area contributed by atoms with E-state index >= 15 is 0 Å². The third kappa shape index (κ3) is 4.29. The van der Waals surface area contributed by atoms with Crippen LogP contribution in [0.5, 0.6) is 0 Å². The van der Waals surface area contributed by atoms with Crippen molar-refractivity contribution in [3.63, 3.8) is 0 Å². The molecule has 5 nitrogen and oxygen atoms in total. The minimum Gasteiger partial charge on any atom is -0.377 e. The lowest BCUT2D eigenvalue weighted by Crippen LogP contribution is -2.02. The number of methoxy groups -OCH3 is 1. The van der Waals surface area contributed by atoms with Gasteiger partial charge in [-0.3, -0.25) is 0 Å². The second-order valence-corrected chi connectivity index (χ2v) is 6.65. The van der Waals surface area contributed by atoms with Crippen molar-refractivity contribution < 1.29 is 9.26 Å². The Hall–Kier alpha value is -2.66. The zero-order valence-electron chi connectivity index (χ0n) is 15.7. The van der Waals surface area contributed by atoms with E-state index < -0.39 is 0 Å². The highest BCUT2D eigenvalue weighted by atomic mass is 16.5. The predicted octanol–water partition coefficient (Wildman–Crippen LogP) is 5.18. The van der Waals surface area contributed by atoms with E-state index in [1.54, 1.807) is 7.11 Å². The van der Waals surface area contributed by atoms with Crippen LogP contribution in [0.3, 0.4) is 0 Å². The van der Waals surface area contributed by atoms with Gasteiger partial charge < -0.3 is 14.6 Å². The molecule has 1 N–H and O–H groups in total.